The first-order valence-corrected chi connectivity index (χ1v) is 9.65. The van der Waals surface area contributed by atoms with Crippen LogP contribution in [0.3, 0.4) is 0 Å². The Hall–Kier alpha value is -3.13. The van der Waals surface area contributed by atoms with Gasteiger partial charge < -0.3 is 10.3 Å². The molecule has 1 spiro atoms. The molecule has 2 atom stereocenters. The van der Waals surface area contributed by atoms with Gasteiger partial charge >= 0.3 is 12.1 Å². The third kappa shape index (κ3) is 3.00. The van der Waals surface area contributed by atoms with E-state index in [1.165, 1.54) is 6.07 Å². The van der Waals surface area contributed by atoms with Crippen molar-refractivity contribution in [3.8, 4) is 0 Å². The second kappa shape index (κ2) is 7.04. The highest BCUT2D eigenvalue weighted by molar-refractivity contribution is 6.30. The molecule has 0 saturated carbocycles. The van der Waals surface area contributed by atoms with Crippen LogP contribution in [-0.2, 0) is 16.8 Å². The smallest absolute Gasteiger partial charge is 0.331 e. The Labute approximate surface area is 171 Å². The fraction of sp³-hybridized carbons (Fsp3) is 0.300. The average Bonchev–Trinajstić information content (AvgIpc) is 2.94. The topological polar surface area (TPSA) is 111 Å². The number of aromatic amines is 1. The van der Waals surface area contributed by atoms with Gasteiger partial charge in [0, 0.05) is 11.3 Å². The molecule has 1 saturated heterocycles. The number of aromatic nitrogens is 1. The zero-order valence-electron chi connectivity index (χ0n) is 15.6. The van der Waals surface area contributed by atoms with Crippen molar-refractivity contribution in [3.63, 3.8) is 0 Å². The van der Waals surface area contributed by atoms with Crippen LogP contribution < -0.4 is 16.2 Å². The minimum atomic E-state index is -1.54. The van der Waals surface area contributed by atoms with Crippen molar-refractivity contribution in [2.24, 2.45) is 0 Å². The van der Waals surface area contributed by atoms with E-state index in [0.717, 1.165) is 10.5 Å². The van der Waals surface area contributed by atoms with E-state index in [9.17, 15) is 19.2 Å². The van der Waals surface area contributed by atoms with E-state index in [4.69, 9.17) is 11.6 Å². The van der Waals surface area contributed by atoms with Gasteiger partial charge in [-0.1, -0.05) is 41.9 Å². The molecule has 3 N–H and O–H groups in total. The molecule has 8 nitrogen and oxygen atoms in total. The summed E-state index contributed by atoms with van der Waals surface area (Å²) in [5.41, 5.74) is -0.277. The van der Waals surface area contributed by atoms with Crippen molar-refractivity contribution in [2.45, 2.75) is 37.8 Å². The zero-order valence-corrected chi connectivity index (χ0v) is 16.4. The molecule has 5 amide bonds. The molecule has 4 rings (SSSR count). The van der Waals surface area contributed by atoms with Gasteiger partial charge in [-0.25, -0.2) is 14.5 Å². The summed E-state index contributed by atoms with van der Waals surface area (Å²) in [6.45, 7) is 1.79. The molecule has 0 bridgehead atoms. The minimum Gasteiger partial charge on any atom is -0.331 e. The number of halogens is 1. The Kier molecular flexibility index (Phi) is 4.66. The number of benzene rings is 1. The lowest BCUT2D eigenvalue weighted by Crippen LogP contribution is -2.55. The normalized spacial score (nSPS) is 21.7. The molecule has 0 unspecified atom stereocenters. The number of carbonyl (C=O) groups is 3. The number of H-pyrrole nitrogens is 1. The lowest BCUT2D eigenvalue weighted by molar-refractivity contribution is -0.127. The van der Waals surface area contributed by atoms with Gasteiger partial charge in [0.25, 0.3) is 11.5 Å². The predicted molar refractivity (Wildman–Crippen MR) is 105 cm³/mol. The van der Waals surface area contributed by atoms with Crippen LogP contribution in [0, 0.1) is 0 Å². The first-order chi connectivity index (χ1) is 13.8. The number of pyridine rings is 1. The number of carbonyl (C=O) groups excluding carboxylic acids is 3. The minimum absolute atomic E-state index is 0.102. The number of imide groups is 2. The predicted octanol–water partition coefficient (Wildman–Crippen LogP) is 2.58. The van der Waals surface area contributed by atoms with Crippen molar-refractivity contribution in [1.29, 1.82) is 0 Å². The van der Waals surface area contributed by atoms with E-state index in [1.54, 1.807) is 6.92 Å². The second-order valence-electron chi connectivity index (χ2n) is 7.23. The van der Waals surface area contributed by atoms with E-state index in [2.05, 4.69) is 15.6 Å². The highest BCUT2D eigenvalue weighted by Crippen LogP contribution is 2.43. The van der Waals surface area contributed by atoms with Gasteiger partial charge in [0.1, 0.15) is 5.02 Å². The molecule has 1 fully saturated rings. The molecule has 29 heavy (non-hydrogen) atoms. The molecule has 1 aliphatic heterocycles. The molecule has 2 heterocycles. The number of hydrogen-bond acceptors (Lipinski definition) is 4. The SMILES string of the molecule is C[C@H](NC(=O)N1C(=O)NC(=O)[C@@]12CCCc1[nH]c(=O)c(Cl)cc12)c1ccccc1. The Morgan fingerprint density at radius 3 is 2.69 bits per heavy atom. The summed E-state index contributed by atoms with van der Waals surface area (Å²) >= 11 is 6.00. The zero-order chi connectivity index (χ0) is 20.8. The van der Waals surface area contributed by atoms with Crippen molar-refractivity contribution >= 4 is 29.6 Å². The maximum atomic E-state index is 13.1. The number of fused-ring (bicyclic) bond motifs is 2. The average molecular weight is 415 g/mol. The van der Waals surface area contributed by atoms with E-state index in [0.29, 0.717) is 24.1 Å². The Bertz CT molecular complexity index is 1070. The van der Waals surface area contributed by atoms with Crippen LogP contribution in [0.2, 0.25) is 5.02 Å². The monoisotopic (exact) mass is 414 g/mol. The van der Waals surface area contributed by atoms with E-state index >= 15 is 0 Å². The summed E-state index contributed by atoms with van der Waals surface area (Å²) in [6, 6.07) is 8.78. The van der Waals surface area contributed by atoms with Gasteiger partial charge in [-0.15, -0.1) is 0 Å². The van der Waals surface area contributed by atoms with Crippen LogP contribution in [0.4, 0.5) is 9.59 Å². The summed E-state index contributed by atoms with van der Waals surface area (Å²) in [7, 11) is 0. The molecule has 9 heteroatoms. The summed E-state index contributed by atoms with van der Waals surface area (Å²) < 4.78 is 0. The highest BCUT2D eigenvalue weighted by Gasteiger charge is 2.59. The number of amides is 5. The third-order valence-electron chi connectivity index (χ3n) is 5.51. The van der Waals surface area contributed by atoms with Crippen LogP contribution in [-0.4, -0.2) is 27.9 Å². The molecule has 1 aliphatic carbocycles. The van der Waals surface area contributed by atoms with Crippen LogP contribution in [0.25, 0.3) is 0 Å². The number of nitrogens with one attached hydrogen (secondary N) is 3. The van der Waals surface area contributed by atoms with E-state index in [1.807, 2.05) is 30.3 Å². The molecule has 1 aromatic heterocycles. The fourth-order valence-corrected chi connectivity index (χ4v) is 4.26. The summed E-state index contributed by atoms with van der Waals surface area (Å²) in [4.78, 5) is 54.1. The Morgan fingerprint density at radius 1 is 1.24 bits per heavy atom. The van der Waals surface area contributed by atoms with Crippen molar-refractivity contribution in [3.05, 3.63) is 68.6 Å². The Balaban J connectivity index is 1.75. The Morgan fingerprint density at radius 2 is 1.97 bits per heavy atom. The molecule has 0 radical (unpaired) electrons. The van der Waals surface area contributed by atoms with Crippen LogP contribution in [0.1, 0.15) is 42.6 Å². The lowest BCUT2D eigenvalue weighted by atomic mass is 9.77. The molecular formula is C20H19ClN4O4. The van der Waals surface area contributed by atoms with Gasteiger partial charge in [0.2, 0.25) is 0 Å². The number of hydrogen-bond donors (Lipinski definition) is 3. The van der Waals surface area contributed by atoms with Gasteiger partial charge in [-0.2, -0.15) is 0 Å². The second-order valence-corrected chi connectivity index (χ2v) is 7.64. The van der Waals surface area contributed by atoms with E-state index in [-0.39, 0.29) is 17.5 Å². The van der Waals surface area contributed by atoms with Crippen molar-refractivity contribution in [2.75, 3.05) is 0 Å². The molecule has 2 aromatic rings. The summed E-state index contributed by atoms with van der Waals surface area (Å²) in [5.74, 6) is -0.603. The van der Waals surface area contributed by atoms with Gasteiger partial charge in [0.05, 0.1) is 6.04 Å². The maximum absolute atomic E-state index is 13.1. The fourth-order valence-electron chi connectivity index (χ4n) is 4.11. The van der Waals surface area contributed by atoms with Gasteiger partial charge in [-0.05, 0) is 37.8 Å². The van der Waals surface area contributed by atoms with Gasteiger partial charge in [0.15, 0.2) is 5.54 Å². The quantitative estimate of drug-likeness (QED) is 0.655. The summed E-state index contributed by atoms with van der Waals surface area (Å²) in [6.07, 6.45) is 1.28. The largest absolute Gasteiger partial charge is 0.333 e. The number of urea groups is 2. The first-order valence-electron chi connectivity index (χ1n) is 9.28. The molecular weight excluding hydrogens is 396 g/mol. The van der Waals surface area contributed by atoms with E-state index < -0.39 is 29.1 Å². The molecule has 1 aromatic carbocycles. The summed E-state index contributed by atoms with van der Waals surface area (Å²) in [5, 5.41) is 4.93. The van der Waals surface area contributed by atoms with Crippen LogP contribution in [0.5, 0.6) is 0 Å². The van der Waals surface area contributed by atoms with Crippen LogP contribution >= 0.6 is 11.6 Å². The highest BCUT2D eigenvalue weighted by atomic mass is 35.5. The number of rotatable bonds is 2. The number of aryl methyl sites for hydroxylation is 1. The van der Waals surface area contributed by atoms with Crippen LogP contribution in [0.15, 0.2) is 41.2 Å². The molecule has 150 valence electrons. The third-order valence-corrected chi connectivity index (χ3v) is 5.79. The van der Waals surface area contributed by atoms with Gasteiger partial charge in [-0.3, -0.25) is 14.9 Å². The number of nitrogens with zero attached hydrogens (tertiary/aromatic N) is 1. The standard InChI is InChI=1S/C20H19ClN4O4/c1-11(12-6-3-2-4-7-12)22-18(28)25-19(29)24-17(27)20(25)9-5-8-15-13(20)10-14(21)16(26)23-15/h2-4,6-7,10-11H,5,8-9H2,1H3,(H,22,28)(H,23,26)(H,24,27,29)/t11-,20-/m0/s1. The lowest BCUT2D eigenvalue weighted by Gasteiger charge is -2.38. The maximum Gasteiger partial charge on any atom is 0.333 e. The molecule has 2 aliphatic rings. The van der Waals surface area contributed by atoms with Crippen molar-refractivity contribution in [1.82, 2.24) is 20.5 Å². The first kappa shape index (κ1) is 19.2. The van der Waals surface area contributed by atoms with Crippen molar-refractivity contribution < 1.29 is 14.4 Å².